The van der Waals surface area contributed by atoms with Gasteiger partial charge in [0.2, 0.25) is 0 Å². The van der Waals surface area contributed by atoms with Crippen molar-refractivity contribution in [2.75, 3.05) is 24.3 Å². The molecule has 118 valence electrons. The van der Waals surface area contributed by atoms with Crippen molar-refractivity contribution in [3.05, 3.63) is 11.9 Å². The monoisotopic (exact) mass is 292 g/mol. The van der Waals surface area contributed by atoms with Gasteiger partial charge in [-0.15, -0.1) is 0 Å². The average Bonchev–Trinajstić information content (AvgIpc) is 2.47. The van der Waals surface area contributed by atoms with Crippen molar-refractivity contribution in [2.45, 2.75) is 59.1 Å². The Labute approximate surface area is 127 Å². The zero-order valence-corrected chi connectivity index (χ0v) is 13.7. The number of aromatic nitrogens is 2. The summed E-state index contributed by atoms with van der Waals surface area (Å²) in [5, 5.41) is 6.65. The van der Waals surface area contributed by atoms with Crippen LogP contribution in [0.25, 0.3) is 0 Å². The summed E-state index contributed by atoms with van der Waals surface area (Å²) >= 11 is 0. The molecule has 0 amide bonds. The van der Waals surface area contributed by atoms with Gasteiger partial charge in [0.25, 0.3) is 0 Å². The Bertz CT molecular complexity index is 452. The summed E-state index contributed by atoms with van der Waals surface area (Å²) in [5.74, 6) is 2.45. The molecule has 1 aliphatic carbocycles. The van der Waals surface area contributed by atoms with Crippen LogP contribution < -0.4 is 10.6 Å². The summed E-state index contributed by atoms with van der Waals surface area (Å²) in [4.78, 5) is 8.98. The lowest BCUT2D eigenvalue weighted by molar-refractivity contribution is 0.128. The Balaban J connectivity index is 2.01. The number of hydrogen-bond acceptors (Lipinski definition) is 5. The van der Waals surface area contributed by atoms with Crippen LogP contribution in [-0.2, 0) is 11.3 Å². The van der Waals surface area contributed by atoms with E-state index in [1.165, 1.54) is 25.7 Å². The molecule has 0 atom stereocenters. The number of nitrogens with zero attached hydrogens (tertiary/aromatic N) is 2. The second kappa shape index (κ2) is 7.07. The van der Waals surface area contributed by atoms with E-state index in [1.807, 2.05) is 20.0 Å². The van der Waals surface area contributed by atoms with Crippen LogP contribution in [0.5, 0.6) is 0 Å². The van der Waals surface area contributed by atoms with Crippen LogP contribution in [0.3, 0.4) is 0 Å². The first-order chi connectivity index (χ1) is 10.0. The van der Waals surface area contributed by atoms with Gasteiger partial charge in [0.05, 0.1) is 0 Å². The second-order valence-corrected chi connectivity index (χ2v) is 6.52. The van der Waals surface area contributed by atoms with E-state index >= 15 is 0 Å². The van der Waals surface area contributed by atoms with E-state index in [1.54, 1.807) is 0 Å². The molecule has 1 heterocycles. The van der Waals surface area contributed by atoms with E-state index < -0.39 is 0 Å². The summed E-state index contributed by atoms with van der Waals surface area (Å²) in [7, 11) is 1.87. The van der Waals surface area contributed by atoms with Gasteiger partial charge < -0.3 is 15.4 Å². The van der Waals surface area contributed by atoms with E-state index in [2.05, 4.69) is 34.4 Å². The lowest BCUT2D eigenvalue weighted by atomic mass is 9.75. The SMILES string of the molecule is CCOCc1nc(NC)cc(NC2CCC(C)(C)CC2)n1. The van der Waals surface area contributed by atoms with E-state index in [0.29, 0.717) is 24.7 Å². The molecule has 1 aromatic heterocycles. The molecule has 0 aromatic carbocycles. The highest BCUT2D eigenvalue weighted by Gasteiger charge is 2.26. The zero-order chi connectivity index (χ0) is 15.3. The molecule has 2 N–H and O–H groups in total. The van der Waals surface area contributed by atoms with Gasteiger partial charge in [-0.1, -0.05) is 13.8 Å². The smallest absolute Gasteiger partial charge is 0.158 e. The first-order valence-corrected chi connectivity index (χ1v) is 7.92. The Morgan fingerprint density at radius 2 is 1.90 bits per heavy atom. The summed E-state index contributed by atoms with van der Waals surface area (Å²) < 4.78 is 5.41. The third-order valence-corrected chi connectivity index (χ3v) is 4.16. The summed E-state index contributed by atoms with van der Waals surface area (Å²) in [6.45, 7) is 7.82. The van der Waals surface area contributed by atoms with Crippen molar-refractivity contribution >= 4 is 11.6 Å². The maximum Gasteiger partial charge on any atom is 0.158 e. The number of hydrogen-bond donors (Lipinski definition) is 2. The van der Waals surface area contributed by atoms with Gasteiger partial charge in [0.15, 0.2) is 5.82 Å². The molecular formula is C16H28N4O. The summed E-state index contributed by atoms with van der Waals surface area (Å²) in [6, 6.07) is 2.48. The van der Waals surface area contributed by atoms with Crippen LogP contribution >= 0.6 is 0 Å². The van der Waals surface area contributed by atoms with Crippen molar-refractivity contribution in [1.29, 1.82) is 0 Å². The zero-order valence-electron chi connectivity index (χ0n) is 13.7. The second-order valence-electron chi connectivity index (χ2n) is 6.52. The number of nitrogens with one attached hydrogen (secondary N) is 2. The van der Waals surface area contributed by atoms with E-state index in [4.69, 9.17) is 4.74 Å². The summed E-state index contributed by atoms with van der Waals surface area (Å²) in [5.41, 5.74) is 0.486. The minimum atomic E-state index is 0.457. The van der Waals surface area contributed by atoms with E-state index in [-0.39, 0.29) is 0 Å². The highest BCUT2D eigenvalue weighted by molar-refractivity contribution is 5.47. The third-order valence-electron chi connectivity index (χ3n) is 4.16. The van der Waals surface area contributed by atoms with Gasteiger partial charge in [0.1, 0.15) is 18.2 Å². The van der Waals surface area contributed by atoms with Crippen molar-refractivity contribution < 1.29 is 4.74 Å². The topological polar surface area (TPSA) is 59.1 Å². The predicted octanol–water partition coefficient (Wildman–Crippen LogP) is 3.44. The quantitative estimate of drug-likeness (QED) is 0.841. The molecule has 1 saturated carbocycles. The van der Waals surface area contributed by atoms with Gasteiger partial charge in [-0.25, -0.2) is 9.97 Å². The van der Waals surface area contributed by atoms with Gasteiger partial charge >= 0.3 is 0 Å². The lowest BCUT2D eigenvalue weighted by Gasteiger charge is -2.34. The Morgan fingerprint density at radius 3 is 2.52 bits per heavy atom. The number of rotatable bonds is 6. The number of ether oxygens (including phenoxy) is 1. The third kappa shape index (κ3) is 4.84. The van der Waals surface area contributed by atoms with Crippen molar-refractivity contribution in [1.82, 2.24) is 9.97 Å². The fourth-order valence-electron chi connectivity index (χ4n) is 2.71. The van der Waals surface area contributed by atoms with Gasteiger partial charge in [-0.2, -0.15) is 0 Å². The molecular weight excluding hydrogens is 264 g/mol. The first-order valence-electron chi connectivity index (χ1n) is 7.92. The van der Waals surface area contributed by atoms with E-state index in [9.17, 15) is 0 Å². The van der Waals surface area contributed by atoms with Crippen LogP contribution in [0, 0.1) is 5.41 Å². The first kappa shape index (κ1) is 16.0. The Morgan fingerprint density at radius 1 is 1.24 bits per heavy atom. The minimum Gasteiger partial charge on any atom is -0.374 e. The van der Waals surface area contributed by atoms with Crippen LogP contribution in [0.2, 0.25) is 0 Å². The fraction of sp³-hybridized carbons (Fsp3) is 0.750. The molecule has 1 aromatic rings. The molecule has 5 nitrogen and oxygen atoms in total. The van der Waals surface area contributed by atoms with Gasteiger partial charge in [0, 0.05) is 25.8 Å². The fourth-order valence-corrected chi connectivity index (χ4v) is 2.71. The van der Waals surface area contributed by atoms with Crippen molar-refractivity contribution in [2.24, 2.45) is 5.41 Å². The Hall–Kier alpha value is -1.36. The molecule has 0 radical (unpaired) electrons. The Kier molecular flexibility index (Phi) is 5.39. The molecule has 5 heteroatoms. The van der Waals surface area contributed by atoms with Gasteiger partial charge in [-0.3, -0.25) is 0 Å². The van der Waals surface area contributed by atoms with Gasteiger partial charge in [-0.05, 0) is 38.0 Å². The molecule has 1 fully saturated rings. The molecule has 0 bridgehead atoms. The van der Waals surface area contributed by atoms with Crippen LogP contribution in [0.1, 0.15) is 52.3 Å². The molecule has 0 aliphatic heterocycles. The highest BCUT2D eigenvalue weighted by atomic mass is 16.5. The molecule has 0 saturated heterocycles. The lowest BCUT2D eigenvalue weighted by Crippen LogP contribution is -2.30. The average molecular weight is 292 g/mol. The highest BCUT2D eigenvalue weighted by Crippen LogP contribution is 2.36. The largest absolute Gasteiger partial charge is 0.374 e. The predicted molar refractivity (Wildman–Crippen MR) is 86.6 cm³/mol. The van der Waals surface area contributed by atoms with Crippen LogP contribution in [0.15, 0.2) is 6.07 Å². The standard InChI is InChI=1S/C16H28N4O/c1-5-21-11-15-19-13(17-4)10-14(20-15)18-12-6-8-16(2,3)9-7-12/h10,12H,5-9,11H2,1-4H3,(H2,17,18,19,20). The molecule has 21 heavy (non-hydrogen) atoms. The van der Waals surface area contributed by atoms with Crippen LogP contribution in [0.4, 0.5) is 11.6 Å². The van der Waals surface area contributed by atoms with Crippen LogP contribution in [-0.4, -0.2) is 29.7 Å². The molecule has 0 spiro atoms. The maximum atomic E-state index is 5.41. The minimum absolute atomic E-state index is 0.457. The van der Waals surface area contributed by atoms with Crippen molar-refractivity contribution in [3.8, 4) is 0 Å². The molecule has 1 aliphatic rings. The normalized spacial score (nSPS) is 18.5. The molecule has 2 rings (SSSR count). The van der Waals surface area contributed by atoms with Crippen molar-refractivity contribution in [3.63, 3.8) is 0 Å². The summed E-state index contributed by atoms with van der Waals surface area (Å²) in [6.07, 6.45) is 4.93. The molecule has 0 unspecified atom stereocenters. The van der Waals surface area contributed by atoms with E-state index in [0.717, 1.165) is 17.5 Å². The number of anilines is 2. The maximum absolute atomic E-state index is 5.41.